The second-order valence-electron chi connectivity index (χ2n) is 4.76. The Morgan fingerprint density at radius 3 is 2.82 bits per heavy atom. The van der Waals surface area contributed by atoms with Crippen molar-refractivity contribution in [3.63, 3.8) is 0 Å². The lowest BCUT2D eigenvalue weighted by molar-refractivity contribution is -0.120. The highest BCUT2D eigenvalue weighted by atomic mass is 32.2. The first-order valence-corrected chi connectivity index (χ1v) is 7.77. The van der Waals surface area contributed by atoms with Gasteiger partial charge in [0.1, 0.15) is 5.82 Å². The van der Waals surface area contributed by atoms with E-state index >= 15 is 0 Å². The van der Waals surface area contributed by atoms with Crippen molar-refractivity contribution in [2.45, 2.75) is 23.8 Å². The fraction of sp³-hybridized carbons (Fsp3) is 0.267. The van der Waals surface area contributed by atoms with E-state index in [0.717, 1.165) is 6.42 Å². The summed E-state index contributed by atoms with van der Waals surface area (Å²) >= 11 is 1.17. The van der Waals surface area contributed by atoms with Gasteiger partial charge in [-0.2, -0.15) is 0 Å². The summed E-state index contributed by atoms with van der Waals surface area (Å²) < 4.78 is 0. The molecule has 1 atom stereocenters. The zero-order chi connectivity index (χ0) is 15.9. The van der Waals surface area contributed by atoms with Crippen LogP contribution in [0.2, 0.25) is 0 Å². The SMILES string of the molecule is CC(Sc1nc(N)cc(=O)[nH]1)C(=O)NCCc1ccccc1. The monoisotopic (exact) mass is 318 g/mol. The van der Waals surface area contributed by atoms with Crippen LogP contribution in [0, 0.1) is 0 Å². The number of anilines is 1. The van der Waals surface area contributed by atoms with Gasteiger partial charge in [0.25, 0.3) is 5.56 Å². The molecule has 0 aliphatic carbocycles. The Kier molecular flexibility index (Phi) is 5.60. The summed E-state index contributed by atoms with van der Waals surface area (Å²) in [5.74, 6) is 0.0361. The zero-order valence-electron chi connectivity index (χ0n) is 12.2. The number of nitrogens with two attached hydrogens (primary N) is 1. The molecule has 2 rings (SSSR count). The molecule has 7 heteroatoms. The maximum absolute atomic E-state index is 12.0. The number of aromatic nitrogens is 2. The smallest absolute Gasteiger partial charge is 0.253 e. The van der Waals surface area contributed by atoms with Gasteiger partial charge in [-0.25, -0.2) is 4.98 Å². The van der Waals surface area contributed by atoms with Crippen LogP contribution >= 0.6 is 11.8 Å². The standard InChI is InChI=1S/C15H18N4O2S/c1-10(22-15-18-12(16)9-13(20)19-15)14(21)17-8-7-11-5-3-2-4-6-11/h2-6,9-10H,7-8H2,1H3,(H,17,21)(H3,16,18,19,20). The number of carbonyl (C=O) groups is 1. The lowest BCUT2D eigenvalue weighted by Gasteiger charge is -2.11. The molecule has 0 saturated carbocycles. The Labute approximate surface area is 132 Å². The third-order valence-electron chi connectivity index (χ3n) is 2.95. The lowest BCUT2D eigenvalue weighted by Crippen LogP contribution is -2.32. The molecular weight excluding hydrogens is 300 g/mol. The number of hydrogen-bond acceptors (Lipinski definition) is 5. The van der Waals surface area contributed by atoms with E-state index in [-0.39, 0.29) is 22.5 Å². The highest BCUT2D eigenvalue weighted by molar-refractivity contribution is 8.00. The number of nitrogens with zero attached hydrogens (tertiary/aromatic N) is 1. The van der Waals surface area contributed by atoms with Crippen LogP contribution in [-0.2, 0) is 11.2 Å². The molecule has 0 aliphatic rings. The molecule has 22 heavy (non-hydrogen) atoms. The van der Waals surface area contributed by atoms with Crippen LogP contribution < -0.4 is 16.6 Å². The number of hydrogen-bond donors (Lipinski definition) is 3. The molecular formula is C15H18N4O2S. The summed E-state index contributed by atoms with van der Waals surface area (Å²) in [7, 11) is 0. The van der Waals surface area contributed by atoms with Crippen molar-refractivity contribution in [2.24, 2.45) is 0 Å². The quantitative estimate of drug-likeness (QED) is 0.549. The van der Waals surface area contributed by atoms with E-state index in [4.69, 9.17) is 5.73 Å². The Morgan fingerprint density at radius 2 is 2.14 bits per heavy atom. The number of carbonyl (C=O) groups excluding carboxylic acids is 1. The number of benzene rings is 1. The second-order valence-corrected chi connectivity index (χ2v) is 6.09. The van der Waals surface area contributed by atoms with E-state index in [2.05, 4.69) is 15.3 Å². The number of amides is 1. The summed E-state index contributed by atoms with van der Waals surface area (Å²) in [6.45, 7) is 2.32. The van der Waals surface area contributed by atoms with Crippen LogP contribution in [0.3, 0.4) is 0 Å². The number of H-pyrrole nitrogens is 1. The second kappa shape index (κ2) is 7.65. The van der Waals surface area contributed by atoms with Crippen molar-refractivity contribution in [1.29, 1.82) is 0 Å². The van der Waals surface area contributed by atoms with E-state index in [1.54, 1.807) is 6.92 Å². The van der Waals surface area contributed by atoms with Crippen LogP contribution in [0.15, 0.2) is 46.3 Å². The molecule has 0 fully saturated rings. The van der Waals surface area contributed by atoms with Crippen molar-refractivity contribution in [3.8, 4) is 0 Å². The first-order chi connectivity index (χ1) is 10.5. The molecule has 0 saturated heterocycles. The zero-order valence-corrected chi connectivity index (χ0v) is 13.0. The molecule has 0 aliphatic heterocycles. The van der Waals surface area contributed by atoms with Crippen molar-refractivity contribution < 1.29 is 4.79 Å². The average Bonchev–Trinajstić information content (AvgIpc) is 2.47. The largest absolute Gasteiger partial charge is 0.383 e. The van der Waals surface area contributed by atoms with Crippen LogP contribution in [-0.4, -0.2) is 27.7 Å². The minimum absolute atomic E-state index is 0.106. The molecule has 0 bridgehead atoms. The number of rotatable bonds is 6. The highest BCUT2D eigenvalue weighted by Crippen LogP contribution is 2.18. The predicted molar refractivity (Wildman–Crippen MR) is 87.7 cm³/mol. The molecule has 0 spiro atoms. The van der Waals surface area contributed by atoms with Crippen molar-refractivity contribution >= 4 is 23.5 Å². The van der Waals surface area contributed by atoms with E-state index < -0.39 is 0 Å². The molecule has 1 unspecified atom stereocenters. The Morgan fingerprint density at radius 1 is 1.41 bits per heavy atom. The van der Waals surface area contributed by atoms with Gasteiger partial charge in [0.15, 0.2) is 5.16 Å². The van der Waals surface area contributed by atoms with Crippen molar-refractivity contribution in [3.05, 3.63) is 52.3 Å². The van der Waals surface area contributed by atoms with Gasteiger partial charge in [0.2, 0.25) is 5.91 Å². The van der Waals surface area contributed by atoms with Crippen LogP contribution in [0.1, 0.15) is 12.5 Å². The summed E-state index contributed by atoms with van der Waals surface area (Å²) in [6, 6.07) is 11.1. The first kappa shape index (κ1) is 16.1. The topological polar surface area (TPSA) is 101 Å². The number of aromatic amines is 1. The molecule has 1 amide bonds. The molecule has 4 N–H and O–H groups in total. The number of nitrogen functional groups attached to an aromatic ring is 1. The number of nitrogens with one attached hydrogen (secondary N) is 2. The van der Waals surface area contributed by atoms with Gasteiger partial charge in [-0.15, -0.1) is 0 Å². The summed E-state index contributed by atoms with van der Waals surface area (Å²) in [6.07, 6.45) is 0.775. The van der Waals surface area contributed by atoms with Gasteiger partial charge >= 0.3 is 0 Å². The minimum Gasteiger partial charge on any atom is -0.383 e. The summed E-state index contributed by atoms with van der Waals surface area (Å²) in [5, 5.41) is 2.84. The summed E-state index contributed by atoms with van der Waals surface area (Å²) in [4.78, 5) is 29.9. The maximum atomic E-state index is 12.0. The fourth-order valence-electron chi connectivity index (χ4n) is 1.85. The highest BCUT2D eigenvalue weighted by Gasteiger charge is 2.15. The van der Waals surface area contributed by atoms with Crippen molar-refractivity contribution in [2.75, 3.05) is 12.3 Å². The van der Waals surface area contributed by atoms with Gasteiger partial charge in [0, 0.05) is 12.6 Å². The third kappa shape index (κ3) is 4.92. The molecule has 6 nitrogen and oxygen atoms in total. The third-order valence-corrected chi connectivity index (χ3v) is 3.94. The van der Waals surface area contributed by atoms with E-state index in [1.165, 1.54) is 23.4 Å². The molecule has 0 radical (unpaired) electrons. The van der Waals surface area contributed by atoms with E-state index in [0.29, 0.717) is 11.7 Å². The molecule has 116 valence electrons. The van der Waals surface area contributed by atoms with Gasteiger partial charge in [0.05, 0.1) is 5.25 Å². The Bertz CT molecular complexity index is 687. The molecule has 2 aromatic rings. The fourth-order valence-corrected chi connectivity index (χ4v) is 2.69. The molecule has 1 aromatic carbocycles. The molecule has 1 heterocycles. The van der Waals surface area contributed by atoms with E-state index in [1.807, 2.05) is 30.3 Å². The van der Waals surface area contributed by atoms with Crippen LogP contribution in [0.25, 0.3) is 0 Å². The van der Waals surface area contributed by atoms with Gasteiger partial charge in [-0.1, -0.05) is 42.1 Å². The van der Waals surface area contributed by atoms with Gasteiger partial charge in [-0.3, -0.25) is 9.59 Å². The normalized spacial score (nSPS) is 11.9. The first-order valence-electron chi connectivity index (χ1n) is 6.90. The molecule has 1 aromatic heterocycles. The van der Waals surface area contributed by atoms with E-state index in [9.17, 15) is 9.59 Å². The van der Waals surface area contributed by atoms with Gasteiger partial charge < -0.3 is 16.0 Å². The number of thioether (sulfide) groups is 1. The summed E-state index contributed by atoms with van der Waals surface area (Å²) in [5.41, 5.74) is 6.35. The Balaban J connectivity index is 1.83. The van der Waals surface area contributed by atoms with Crippen LogP contribution in [0.5, 0.6) is 0 Å². The minimum atomic E-state index is -0.374. The van der Waals surface area contributed by atoms with Gasteiger partial charge in [-0.05, 0) is 18.9 Å². The lowest BCUT2D eigenvalue weighted by atomic mass is 10.1. The maximum Gasteiger partial charge on any atom is 0.253 e. The average molecular weight is 318 g/mol. The predicted octanol–water partition coefficient (Wildman–Crippen LogP) is 1.19. The van der Waals surface area contributed by atoms with Crippen LogP contribution in [0.4, 0.5) is 5.82 Å². The van der Waals surface area contributed by atoms with Crippen molar-refractivity contribution in [1.82, 2.24) is 15.3 Å². The Hall–Kier alpha value is -2.28.